The number of nitrogens with one attached hydrogen (secondary N) is 1. The average molecular weight is 405 g/mol. The molecule has 0 unspecified atom stereocenters. The molecular weight excluding hydrogens is 390 g/mol. The maximum atomic E-state index is 12.5. The summed E-state index contributed by atoms with van der Waals surface area (Å²) in [6.07, 6.45) is 1.61. The minimum Gasteiger partial charge on any atom is -0.342 e. The highest BCUT2D eigenvalue weighted by atomic mass is 16.5. The van der Waals surface area contributed by atoms with Gasteiger partial charge in [-0.15, -0.1) is 0 Å². The molecule has 4 rings (SSSR count). The first-order chi connectivity index (χ1) is 14.5. The Bertz CT molecular complexity index is 1310. The molecule has 11 nitrogen and oxygen atoms in total. The van der Waals surface area contributed by atoms with Crippen molar-refractivity contribution in [3.8, 4) is 17.2 Å². The Balaban J connectivity index is 1.64. The lowest BCUT2D eigenvalue weighted by atomic mass is 10.3. The molecule has 0 aliphatic rings. The number of hydrogen-bond acceptors (Lipinski definition) is 8. The van der Waals surface area contributed by atoms with Crippen LogP contribution in [-0.2, 0) is 13.6 Å². The second kappa shape index (κ2) is 7.91. The van der Waals surface area contributed by atoms with Crippen molar-refractivity contribution >= 4 is 5.91 Å². The molecule has 1 amide bonds. The summed E-state index contributed by atoms with van der Waals surface area (Å²) in [5.74, 6) is -1.18. The molecule has 4 aromatic rings. The molecule has 11 heteroatoms. The first kappa shape index (κ1) is 18.9. The normalized spacial score (nSPS) is 10.7. The maximum Gasteiger partial charge on any atom is 0.351 e. The summed E-state index contributed by atoms with van der Waals surface area (Å²) in [5, 5.41) is 10.4. The summed E-state index contributed by atoms with van der Waals surface area (Å²) < 4.78 is 6.90. The molecule has 0 bridgehead atoms. The molecule has 0 fully saturated rings. The van der Waals surface area contributed by atoms with Crippen LogP contribution in [0.25, 0.3) is 17.2 Å². The third-order valence-electron chi connectivity index (χ3n) is 4.16. The van der Waals surface area contributed by atoms with Crippen molar-refractivity contribution in [1.82, 2.24) is 34.8 Å². The third-order valence-corrected chi connectivity index (χ3v) is 4.16. The van der Waals surface area contributed by atoms with Gasteiger partial charge in [0.2, 0.25) is 5.82 Å². The minimum atomic E-state index is -0.714. The van der Waals surface area contributed by atoms with E-state index < -0.39 is 17.2 Å². The molecular formula is C19H15N7O4. The maximum absolute atomic E-state index is 12.5. The van der Waals surface area contributed by atoms with E-state index in [0.29, 0.717) is 11.4 Å². The topological polar surface area (TPSA) is 138 Å². The van der Waals surface area contributed by atoms with E-state index in [1.807, 2.05) is 0 Å². The molecule has 0 aliphatic carbocycles. The molecule has 3 aromatic heterocycles. The lowest BCUT2D eigenvalue weighted by molar-refractivity contribution is 0.0906. The fourth-order valence-corrected chi connectivity index (χ4v) is 2.61. The molecule has 0 aliphatic heterocycles. The fourth-order valence-electron chi connectivity index (χ4n) is 2.61. The molecule has 0 atom stereocenters. The van der Waals surface area contributed by atoms with Gasteiger partial charge in [-0.05, 0) is 24.3 Å². The highest BCUT2D eigenvalue weighted by Gasteiger charge is 2.21. The summed E-state index contributed by atoms with van der Waals surface area (Å²) in [6.45, 7) is 0.163. The first-order valence-corrected chi connectivity index (χ1v) is 8.82. The number of para-hydroxylation sites is 1. The van der Waals surface area contributed by atoms with E-state index in [9.17, 15) is 14.4 Å². The van der Waals surface area contributed by atoms with E-state index in [1.54, 1.807) is 54.7 Å². The predicted octanol–water partition coefficient (Wildman–Crippen LogP) is 0.306. The number of pyridine rings is 1. The summed E-state index contributed by atoms with van der Waals surface area (Å²) in [4.78, 5) is 45.3. The standard InChI is InChI=1S/C19H15N7O4/c1-25-18(28)14(23-26(19(25)29)13-8-3-2-4-9-13)15-22-17(30-24-15)16(27)21-11-12-7-5-6-10-20-12/h2-10H,11H2,1H3,(H,21,27). The van der Waals surface area contributed by atoms with Crippen molar-refractivity contribution in [2.45, 2.75) is 6.54 Å². The van der Waals surface area contributed by atoms with Gasteiger partial charge in [0.25, 0.3) is 5.56 Å². The first-order valence-electron chi connectivity index (χ1n) is 8.82. The second-order valence-electron chi connectivity index (χ2n) is 6.17. The molecule has 150 valence electrons. The van der Waals surface area contributed by atoms with Crippen LogP contribution in [0.5, 0.6) is 0 Å². The summed E-state index contributed by atoms with van der Waals surface area (Å²) in [6, 6.07) is 13.9. The molecule has 1 aromatic carbocycles. The van der Waals surface area contributed by atoms with E-state index in [-0.39, 0.29) is 24.0 Å². The van der Waals surface area contributed by atoms with E-state index in [4.69, 9.17) is 4.52 Å². The largest absolute Gasteiger partial charge is 0.351 e. The summed E-state index contributed by atoms with van der Waals surface area (Å²) in [5.41, 5.74) is -0.471. The van der Waals surface area contributed by atoms with Gasteiger partial charge in [0.05, 0.1) is 17.9 Å². The molecule has 30 heavy (non-hydrogen) atoms. The highest BCUT2D eigenvalue weighted by Crippen LogP contribution is 2.10. The van der Waals surface area contributed by atoms with Gasteiger partial charge in [-0.2, -0.15) is 14.8 Å². The van der Waals surface area contributed by atoms with Crippen molar-refractivity contribution in [2.24, 2.45) is 7.05 Å². The van der Waals surface area contributed by atoms with Gasteiger partial charge < -0.3 is 9.84 Å². The fraction of sp³-hybridized carbons (Fsp3) is 0.105. The van der Waals surface area contributed by atoms with Crippen molar-refractivity contribution in [3.63, 3.8) is 0 Å². The number of nitrogens with zero attached hydrogens (tertiary/aromatic N) is 6. The summed E-state index contributed by atoms with van der Waals surface area (Å²) >= 11 is 0. The number of benzene rings is 1. The molecule has 0 saturated carbocycles. The van der Waals surface area contributed by atoms with Gasteiger partial charge in [0, 0.05) is 13.2 Å². The van der Waals surface area contributed by atoms with Crippen molar-refractivity contribution < 1.29 is 9.32 Å². The van der Waals surface area contributed by atoms with Gasteiger partial charge >= 0.3 is 17.5 Å². The Morgan fingerprint density at radius 3 is 2.60 bits per heavy atom. The van der Waals surface area contributed by atoms with Crippen molar-refractivity contribution in [1.29, 1.82) is 0 Å². The van der Waals surface area contributed by atoms with Crippen LogP contribution >= 0.6 is 0 Å². The zero-order chi connectivity index (χ0) is 21.1. The van der Waals surface area contributed by atoms with Crippen molar-refractivity contribution in [3.05, 3.63) is 87.2 Å². The van der Waals surface area contributed by atoms with Crippen LogP contribution < -0.4 is 16.6 Å². The smallest absolute Gasteiger partial charge is 0.342 e. The number of amides is 1. The minimum absolute atomic E-state index is 0.163. The zero-order valence-electron chi connectivity index (χ0n) is 15.7. The number of hydrogen-bond donors (Lipinski definition) is 1. The molecule has 1 N–H and O–H groups in total. The van der Waals surface area contributed by atoms with Crippen LogP contribution in [0.2, 0.25) is 0 Å². The van der Waals surface area contributed by atoms with Gasteiger partial charge in [0.15, 0.2) is 5.69 Å². The van der Waals surface area contributed by atoms with E-state index in [0.717, 1.165) is 9.25 Å². The Labute approximate surface area is 168 Å². The Morgan fingerprint density at radius 1 is 1.10 bits per heavy atom. The molecule has 0 radical (unpaired) electrons. The number of rotatable bonds is 5. The lowest BCUT2D eigenvalue weighted by Gasteiger charge is -2.07. The number of carbonyl (C=O) groups excluding carboxylic acids is 1. The van der Waals surface area contributed by atoms with Crippen LogP contribution in [0.4, 0.5) is 0 Å². The SMILES string of the molecule is Cn1c(=O)c(-c2noc(C(=O)NCc3ccccn3)n2)nn(-c2ccccc2)c1=O. The van der Waals surface area contributed by atoms with Crippen LogP contribution in [0.15, 0.2) is 68.8 Å². The monoisotopic (exact) mass is 405 g/mol. The van der Waals surface area contributed by atoms with Gasteiger partial charge in [0.1, 0.15) is 0 Å². The van der Waals surface area contributed by atoms with Crippen molar-refractivity contribution in [2.75, 3.05) is 0 Å². The number of carbonyl (C=O) groups is 1. The van der Waals surface area contributed by atoms with E-state index in [2.05, 4.69) is 25.5 Å². The Hall–Kier alpha value is -4.41. The van der Waals surface area contributed by atoms with E-state index in [1.165, 1.54) is 7.05 Å². The van der Waals surface area contributed by atoms with Crippen LogP contribution in [0.1, 0.15) is 16.4 Å². The van der Waals surface area contributed by atoms with Crippen LogP contribution in [0.3, 0.4) is 0 Å². The van der Waals surface area contributed by atoms with Crippen LogP contribution in [0, 0.1) is 0 Å². The lowest BCUT2D eigenvalue weighted by Crippen LogP contribution is -2.40. The molecule has 3 heterocycles. The third kappa shape index (κ3) is 3.63. The van der Waals surface area contributed by atoms with Crippen LogP contribution in [-0.4, -0.2) is 35.4 Å². The van der Waals surface area contributed by atoms with Gasteiger partial charge in [-0.3, -0.25) is 19.1 Å². The zero-order valence-corrected chi connectivity index (χ0v) is 15.7. The molecule has 0 saturated heterocycles. The van der Waals surface area contributed by atoms with Gasteiger partial charge in [-0.25, -0.2) is 4.79 Å². The Kier molecular flexibility index (Phi) is 4.99. The summed E-state index contributed by atoms with van der Waals surface area (Å²) in [7, 11) is 1.32. The Morgan fingerprint density at radius 2 is 1.87 bits per heavy atom. The number of aromatic nitrogens is 6. The highest BCUT2D eigenvalue weighted by molar-refractivity contribution is 5.89. The molecule has 0 spiro atoms. The second-order valence-corrected chi connectivity index (χ2v) is 6.17. The van der Waals surface area contributed by atoms with E-state index >= 15 is 0 Å². The predicted molar refractivity (Wildman–Crippen MR) is 104 cm³/mol. The van der Waals surface area contributed by atoms with Gasteiger partial charge in [-0.1, -0.05) is 29.4 Å². The average Bonchev–Trinajstić information content (AvgIpc) is 3.27. The quantitative estimate of drug-likeness (QED) is 0.501.